The molecule has 0 aliphatic rings. The highest BCUT2D eigenvalue weighted by molar-refractivity contribution is 14.0. The highest BCUT2D eigenvalue weighted by Crippen LogP contribution is 2.12. The van der Waals surface area contributed by atoms with Crippen molar-refractivity contribution in [2.45, 2.75) is 26.5 Å². The molecule has 0 saturated heterocycles. The first-order chi connectivity index (χ1) is 14.9. The lowest BCUT2D eigenvalue weighted by molar-refractivity contribution is -0.117. The number of rotatable bonds is 10. The first-order valence-corrected chi connectivity index (χ1v) is 9.97. The van der Waals surface area contributed by atoms with Gasteiger partial charge >= 0.3 is 0 Å². The van der Waals surface area contributed by atoms with E-state index in [1.54, 1.807) is 36.4 Å². The molecule has 0 aliphatic heterocycles. The summed E-state index contributed by atoms with van der Waals surface area (Å²) in [6, 6.07) is 12.8. The molecule has 174 valence electrons. The summed E-state index contributed by atoms with van der Waals surface area (Å²) in [5.74, 6) is -0.0453. The second kappa shape index (κ2) is 14.2. The van der Waals surface area contributed by atoms with Crippen LogP contribution in [0.1, 0.15) is 29.8 Å². The summed E-state index contributed by atoms with van der Waals surface area (Å²) in [7, 11) is 0. The van der Waals surface area contributed by atoms with Gasteiger partial charge in [0.05, 0.1) is 19.6 Å². The Kier molecular flexibility index (Phi) is 12.1. The maximum absolute atomic E-state index is 13.0. The number of nitrogens with zero attached hydrogens (tertiary/aromatic N) is 1. The third-order valence-corrected chi connectivity index (χ3v) is 4.11. The molecule has 2 aromatic carbocycles. The lowest BCUT2D eigenvalue weighted by atomic mass is 10.1. The number of aliphatic imine (C=N–C) groups is 1. The quantitative estimate of drug-likeness (QED) is 0.203. The second-order valence-electron chi connectivity index (χ2n) is 6.80. The van der Waals surface area contributed by atoms with E-state index in [0.717, 1.165) is 5.56 Å². The molecule has 32 heavy (non-hydrogen) atoms. The number of carbonyl (C=O) groups excluding carboxylic acids is 2. The number of benzene rings is 2. The molecule has 2 amide bonds. The minimum atomic E-state index is -0.597. The Hall–Kier alpha value is -2.89. The summed E-state index contributed by atoms with van der Waals surface area (Å²) >= 11 is 0. The van der Waals surface area contributed by atoms with Crippen molar-refractivity contribution < 1.29 is 18.7 Å². The summed E-state index contributed by atoms with van der Waals surface area (Å²) in [5, 5.41) is 8.81. The Labute approximate surface area is 204 Å². The van der Waals surface area contributed by atoms with Crippen molar-refractivity contribution in [2.75, 3.05) is 19.6 Å². The van der Waals surface area contributed by atoms with Crippen molar-refractivity contribution in [3.05, 3.63) is 65.5 Å². The highest BCUT2D eigenvalue weighted by Gasteiger charge is 2.08. The Morgan fingerprint density at radius 2 is 1.72 bits per heavy atom. The monoisotopic (exact) mass is 557 g/mol. The SMILES string of the molecule is CCNC(=NCc1ccc(C(=O)NCC(N)=O)cc1)NCC(C)Oc1ccc(F)cc1.I. The Morgan fingerprint density at radius 1 is 1.06 bits per heavy atom. The normalized spacial score (nSPS) is 11.7. The number of hydrogen-bond acceptors (Lipinski definition) is 4. The average Bonchev–Trinajstić information content (AvgIpc) is 2.76. The van der Waals surface area contributed by atoms with Crippen LogP contribution in [0.2, 0.25) is 0 Å². The van der Waals surface area contributed by atoms with E-state index < -0.39 is 5.91 Å². The first kappa shape index (κ1) is 27.1. The molecule has 0 bridgehead atoms. The molecular formula is C22H29FIN5O3. The molecule has 5 N–H and O–H groups in total. The van der Waals surface area contributed by atoms with Gasteiger partial charge in [-0.1, -0.05) is 12.1 Å². The van der Waals surface area contributed by atoms with Crippen molar-refractivity contribution in [3.8, 4) is 5.75 Å². The molecule has 10 heteroatoms. The summed E-state index contributed by atoms with van der Waals surface area (Å²) in [6.07, 6.45) is -0.160. The predicted molar refractivity (Wildman–Crippen MR) is 133 cm³/mol. The van der Waals surface area contributed by atoms with Crippen molar-refractivity contribution >= 4 is 41.8 Å². The number of ether oxygens (including phenoxy) is 1. The molecule has 1 atom stereocenters. The van der Waals surface area contributed by atoms with Crippen LogP contribution in [-0.4, -0.2) is 43.5 Å². The van der Waals surface area contributed by atoms with Gasteiger partial charge in [0.1, 0.15) is 17.7 Å². The number of halogens is 2. The molecular weight excluding hydrogens is 528 g/mol. The fourth-order valence-corrected chi connectivity index (χ4v) is 2.57. The van der Waals surface area contributed by atoms with Crippen molar-refractivity contribution in [1.29, 1.82) is 0 Å². The van der Waals surface area contributed by atoms with Gasteiger partial charge in [-0.15, -0.1) is 24.0 Å². The molecule has 8 nitrogen and oxygen atoms in total. The zero-order valence-corrected chi connectivity index (χ0v) is 20.4. The van der Waals surface area contributed by atoms with Crippen LogP contribution in [0.4, 0.5) is 4.39 Å². The number of hydrogen-bond donors (Lipinski definition) is 4. The topological polar surface area (TPSA) is 118 Å². The molecule has 1 unspecified atom stereocenters. The van der Waals surface area contributed by atoms with E-state index in [9.17, 15) is 14.0 Å². The van der Waals surface area contributed by atoms with E-state index in [4.69, 9.17) is 10.5 Å². The largest absolute Gasteiger partial charge is 0.489 e. The molecule has 0 aromatic heterocycles. The van der Waals surface area contributed by atoms with Gasteiger partial charge in [-0.2, -0.15) is 0 Å². The lowest BCUT2D eigenvalue weighted by Crippen LogP contribution is -2.41. The molecule has 0 aliphatic carbocycles. The van der Waals surface area contributed by atoms with Gasteiger partial charge in [0.25, 0.3) is 5.91 Å². The smallest absolute Gasteiger partial charge is 0.251 e. The van der Waals surface area contributed by atoms with E-state index in [2.05, 4.69) is 20.9 Å². The maximum Gasteiger partial charge on any atom is 0.251 e. The van der Waals surface area contributed by atoms with Crippen LogP contribution >= 0.6 is 24.0 Å². The average molecular weight is 557 g/mol. The summed E-state index contributed by atoms with van der Waals surface area (Å²) < 4.78 is 18.7. The van der Waals surface area contributed by atoms with E-state index in [1.807, 2.05) is 13.8 Å². The zero-order chi connectivity index (χ0) is 22.6. The molecule has 0 heterocycles. The summed E-state index contributed by atoms with van der Waals surface area (Å²) in [5.41, 5.74) is 6.37. The van der Waals surface area contributed by atoms with E-state index in [-0.39, 0.29) is 48.3 Å². The van der Waals surface area contributed by atoms with Crippen molar-refractivity contribution in [1.82, 2.24) is 16.0 Å². The van der Waals surface area contributed by atoms with Crippen LogP contribution in [-0.2, 0) is 11.3 Å². The highest BCUT2D eigenvalue weighted by atomic mass is 127. The van der Waals surface area contributed by atoms with Crippen LogP contribution in [0.5, 0.6) is 5.75 Å². The van der Waals surface area contributed by atoms with Gasteiger partial charge in [-0.25, -0.2) is 9.38 Å². The lowest BCUT2D eigenvalue weighted by Gasteiger charge is -2.17. The van der Waals surface area contributed by atoms with Crippen LogP contribution in [0.3, 0.4) is 0 Å². The minimum absolute atomic E-state index is 0. The minimum Gasteiger partial charge on any atom is -0.489 e. The standard InChI is InChI=1S/C22H28FN5O3.HI/c1-3-25-22(27-12-15(2)31-19-10-8-18(23)9-11-19)28-13-16-4-6-17(7-5-16)21(30)26-14-20(24)29;/h4-11,15H,3,12-14H2,1-2H3,(H2,24,29)(H,26,30)(H2,25,27,28);1H. The number of guanidine groups is 1. The first-order valence-electron chi connectivity index (χ1n) is 9.97. The van der Waals surface area contributed by atoms with Gasteiger partial charge < -0.3 is 26.4 Å². The summed E-state index contributed by atoms with van der Waals surface area (Å²) in [6.45, 7) is 5.27. The number of nitrogens with two attached hydrogens (primary N) is 1. The predicted octanol–water partition coefficient (Wildman–Crippen LogP) is 2.18. The third kappa shape index (κ3) is 9.94. The van der Waals surface area contributed by atoms with Crippen LogP contribution in [0.15, 0.2) is 53.5 Å². The second-order valence-corrected chi connectivity index (χ2v) is 6.80. The zero-order valence-electron chi connectivity index (χ0n) is 18.1. The fraction of sp³-hybridized carbons (Fsp3) is 0.318. The van der Waals surface area contributed by atoms with Gasteiger partial charge in [-0.3, -0.25) is 9.59 Å². The van der Waals surface area contributed by atoms with Crippen molar-refractivity contribution in [3.63, 3.8) is 0 Å². The number of nitrogens with one attached hydrogen (secondary N) is 3. The van der Waals surface area contributed by atoms with Gasteiger partial charge in [0, 0.05) is 12.1 Å². The third-order valence-electron chi connectivity index (χ3n) is 4.11. The Balaban J connectivity index is 0.00000512. The van der Waals surface area contributed by atoms with E-state index in [0.29, 0.717) is 36.9 Å². The number of carbonyl (C=O) groups is 2. The Morgan fingerprint density at radius 3 is 2.31 bits per heavy atom. The fourth-order valence-electron chi connectivity index (χ4n) is 2.57. The molecule has 0 fully saturated rings. The van der Waals surface area contributed by atoms with Gasteiger partial charge in [0.2, 0.25) is 5.91 Å². The van der Waals surface area contributed by atoms with Crippen LogP contribution < -0.4 is 26.4 Å². The molecule has 2 aromatic rings. The Bertz CT molecular complexity index is 891. The summed E-state index contributed by atoms with van der Waals surface area (Å²) in [4.78, 5) is 27.2. The molecule has 0 saturated carbocycles. The van der Waals surface area contributed by atoms with Crippen LogP contribution in [0.25, 0.3) is 0 Å². The van der Waals surface area contributed by atoms with E-state index in [1.165, 1.54) is 12.1 Å². The van der Waals surface area contributed by atoms with Crippen molar-refractivity contribution in [2.24, 2.45) is 10.7 Å². The molecule has 2 rings (SSSR count). The van der Waals surface area contributed by atoms with Gasteiger partial charge in [-0.05, 0) is 55.8 Å². The number of primary amides is 1. The van der Waals surface area contributed by atoms with Gasteiger partial charge in [0.15, 0.2) is 5.96 Å². The van der Waals surface area contributed by atoms with E-state index >= 15 is 0 Å². The number of amides is 2. The molecule has 0 radical (unpaired) electrons. The van der Waals surface area contributed by atoms with Crippen LogP contribution in [0, 0.1) is 5.82 Å². The molecule has 0 spiro atoms. The maximum atomic E-state index is 13.0.